The first kappa shape index (κ1) is 15.1. The van der Waals surface area contributed by atoms with E-state index in [0.717, 1.165) is 11.4 Å². The van der Waals surface area contributed by atoms with Gasteiger partial charge in [-0.1, -0.05) is 18.2 Å². The maximum Gasteiger partial charge on any atom is 0.387 e. The Morgan fingerprint density at radius 3 is 2.43 bits per heavy atom. The Morgan fingerprint density at radius 1 is 1.05 bits per heavy atom. The van der Waals surface area contributed by atoms with Crippen molar-refractivity contribution >= 4 is 5.69 Å². The van der Waals surface area contributed by atoms with Gasteiger partial charge in [0.05, 0.1) is 6.61 Å². The topological polar surface area (TPSA) is 30.5 Å². The van der Waals surface area contributed by atoms with Crippen LogP contribution in [0.2, 0.25) is 0 Å². The molecular formula is C16H17F2NO2. The first-order valence-corrected chi connectivity index (χ1v) is 6.68. The van der Waals surface area contributed by atoms with Crippen molar-refractivity contribution in [3.05, 3.63) is 54.1 Å². The Kier molecular flexibility index (Phi) is 5.37. The van der Waals surface area contributed by atoms with Gasteiger partial charge in [-0.25, -0.2) is 0 Å². The molecule has 0 spiro atoms. The lowest BCUT2D eigenvalue weighted by atomic mass is 10.2. The molecule has 0 amide bonds. The summed E-state index contributed by atoms with van der Waals surface area (Å²) in [6, 6.07) is 14.2. The zero-order chi connectivity index (χ0) is 15.1. The minimum Gasteiger partial charge on any atom is -0.494 e. The summed E-state index contributed by atoms with van der Waals surface area (Å²) in [6.07, 6.45) is 0. The minimum atomic E-state index is -2.82. The Labute approximate surface area is 122 Å². The number of anilines is 1. The van der Waals surface area contributed by atoms with E-state index in [0.29, 0.717) is 18.7 Å². The van der Waals surface area contributed by atoms with Gasteiger partial charge < -0.3 is 14.8 Å². The summed E-state index contributed by atoms with van der Waals surface area (Å²) in [6.45, 7) is 0.116. The van der Waals surface area contributed by atoms with E-state index >= 15 is 0 Å². The fourth-order valence-corrected chi connectivity index (χ4v) is 1.89. The number of rotatable bonds is 7. The summed E-state index contributed by atoms with van der Waals surface area (Å²) in [5.74, 6) is 0.982. The molecule has 1 N–H and O–H groups in total. The SMILES string of the molecule is CCOc1ccc(NCc2ccccc2OC(F)F)cc1. The average molecular weight is 293 g/mol. The van der Waals surface area contributed by atoms with Crippen molar-refractivity contribution in [3.63, 3.8) is 0 Å². The summed E-state index contributed by atoms with van der Waals surface area (Å²) < 4.78 is 34.5. The fraction of sp³-hybridized carbons (Fsp3) is 0.250. The highest BCUT2D eigenvalue weighted by molar-refractivity contribution is 5.47. The first-order chi connectivity index (χ1) is 10.2. The number of nitrogens with one attached hydrogen (secondary N) is 1. The molecule has 0 unspecified atom stereocenters. The predicted octanol–water partition coefficient (Wildman–Crippen LogP) is 4.30. The van der Waals surface area contributed by atoms with Gasteiger partial charge in [0.2, 0.25) is 0 Å². The van der Waals surface area contributed by atoms with E-state index in [1.165, 1.54) is 6.07 Å². The lowest BCUT2D eigenvalue weighted by Gasteiger charge is -2.12. The van der Waals surface area contributed by atoms with Crippen LogP contribution < -0.4 is 14.8 Å². The monoisotopic (exact) mass is 293 g/mol. The smallest absolute Gasteiger partial charge is 0.387 e. The molecule has 21 heavy (non-hydrogen) atoms. The zero-order valence-electron chi connectivity index (χ0n) is 11.7. The third kappa shape index (κ3) is 4.63. The lowest BCUT2D eigenvalue weighted by Crippen LogP contribution is -2.07. The third-order valence-corrected chi connectivity index (χ3v) is 2.84. The largest absolute Gasteiger partial charge is 0.494 e. The second-order valence-corrected chi connectivity index (χ2v) is 4.30. The van der Waals surface area contributed by atoms with Crippen molar-refractivity contribution < 1.29 is 18.3 Å². The normalized spacial score (nSPS) is 10.5. The molecular weight excluding hydrogens is 276 g/mol. The van der Waals surface area contributed by atoms with Gasteiger partial charge in [0.25, 0.3) is 0 Å². The minimum absolute atomic E-state index is 0.186. The van der Waals surface area contributed by atoms with Gasteiger partial charge in [-0.05, 0) is 37.3 Å². The summed E-state index contributed by atoms with van der Waals surface area (Å²) in [4.78, 5) is 0. The molecule has 0 radical (unpaired) electrons. The van der Waals surface area contributed by atoms with Crippen LogP contribution >= 0.6 is 0 Å². The molecule has 0 aromatic heterocycles. The van der Waals surface area contributed by atoms with Gasteiger partial charge in [-0.3, -0.25) is 0 Å². The molecule has 112 valence electrons. The van der Waals surface area contributed by atoms with Crippen LogP contribution in [0.3, 0.4) is 0 Å². The lowest BCUT2D eigenvalue weighted by molar-refractivity contribution is -0.0504. The molecule has 0 aliphatic rings. The molecule has 0 bridgehead atoms. The molecule has 0 saturated heterocycles. The van der Waals surface area contributed by atoms with Crippen molar-refractivity contribution in [3.8, 4) is 11.5 Å². The van der Waals surface area contributed by atoms with Crippen LogP contribution in [-0.2, 0) is 6.54 Å². The maximum absolute atomic E-state index is 12.3. The van der Waals surface area contributed by atoms with Crippen molar-refractivity contribution in [2.24, 2.45) is 0 Å². The highest BCUT2D eigenvalue weighted by Crippen LogP contribution is 2.22. The van der Waals surface area contributed by atoms with Crippen molar-refractivity contribution in [1.29, 1.82) is 0 Å². The van der Waals surface area contributed by atoms with Crippen molar-refractivity contribution in [2.75, 3.05) is 11.9 Å². The Hall–Kier alpha value is -2.30. The Bertz CT molecular complexity index is 558. The van der Waals surface area contributed by atoms with Crippen molar-refractivity contribution in [1.82, 2.24) is 0 Å². The number of hydrogen-bond acceptors (Lipinski definition) is 3. The molecule has 0 aliphatic heterocycles. The van der Waals surface area contributed by atoms with Crippen molar-refractivity contribution in [2.45, 2.75) is 20.1 Å². The van der Waals surface area contributed by atoms with Crippen LogP contribution in [0.1, 0.15) is 12.5 Å². The molecule has 0 heterocycles. The van der Waals surface area contributed by atoms with E-state index in [1.54, 1.807) is 18.2 Å². The molecule has 0 saturated carbocycles. The van der Waals surface area contributed by atoms with Crippen LogP contribution in [0.4, 0.5) is 14.5 Å². The van der Waals surface area contributed by atoms with Crippen LogP contribution in [0, 0.1) is 0 Å². The Balaban J connectivity index is 1.99. The third-order valence-electron chi connectivity index (χ3n) is 2.84. The second-order valence-electron chi connectivity index (χ2n) is 4.30. The van der Waals surface area contributed by atoms with Gasteiger partial charge in [-0.15, -0.1) is 0 Å². The van der Waals surface area contributed by atoms with E-state index < -0.39 is 6.61 Å². The van der Waals surface area contributed by atoms with E-state index in [2.05, 4.69) is 10.1 Å². The molecule has 2 rings (SSSR count). The molecule has 2 aromatic rings. The number of ether oxygens (including phenoxy) is 2. The van der Waals surface area contributed by atoms with Gasteiger partial charge >= 0.3 is 6.61 Å². The van der Waals surface area contributed by atoms with Gasteiger partial charge in [-0.2, -0.15) is 8.78 Å². The highest BCUT2D eigenvalue weighted by Gasteiger charge is 2.08. The quantitative estimate of drug-likeness (QED) is 0.825. The van der Waals surface area contributed by atoms with Crippen LogP contribution in [0.5, 0.6) is 11.5 Å². The van der Waals surface area contributed by atoms with Gasteiger partial charge in [0.1, 0.15) is 11.5 Å². The van der Waals surface area contributed by atoms with E-state index in [4.69, 9.17) is 4.74 Å². The molecule has 0 fully saturated rings. The van der Waals surface area contributed by atoms with Gasteiger partial charge in [0, 0.05) is 17.8 Å². The number of hydrogen-bond donors (Lipinski definition) is 1. The number of alkyl halides is 2. The van der Waals surface area contributed by atoms with Crippen LogP contribution in [0.15, 0.2) is 48.5 Å². The highest BCUT2D eigenvalue weighted by atomic mass is 19.3. The zero-order valence-corrected chi connectivity index (χ0v) is 11.7. The number of para-hydroxylation sites is 1. The van der Waals surface area contributed by atoms with Gasteiger partial charge in [0.15, 0.2) is 0 Å². The molecule has 0 atom stereocenters. The van der Waals surface area contributed by atoms with E-state index in [1.807, 2.05) is 31.2 Å². The number of halogens is 2. The predicted molar refractivity (Wildman–Crippen MR) is 78.0 cm³/mol. The summed E-state index contributed by atoms with van der Waals surface area (Å²) >= 11 is 0. The van der Waals surface area contributed by atoms with E-state index in [9.17, 15) is 8.78 Å². The summed E-state index contributed by atoms with van der Waals surface area (Å²) in [5.41, 5.74) is 1.55. The second kappa shape index (κ2) is 7.47. The maximum atomic E-state index is 12.3. The summed E-state index contributed by atoms with van der Waals surface area (Å²) in [7, 11) is 0. The first-order valence-electron chi connectivity index (χ1n) is 6.68. The molecule has 5 heteroatoms. The standard InChI is InChI=1S/C16H17F2NO2/c1-2-20-14-9-7-13(8-10-14)19-11-12-5-3-4-6-15(12)21-16(17)18/h3-10,16,19H,2,11H2,1H3. The number of benzene rings is 2. The van der Waals surface area contributed by atoms with Crippen LogP contribution in [0.25, 0.3) is 0 Å². The Morgan fingerprint density at radius 2 is 1.76 bits per heavy atom. The van der Waals surface area contributed by atoms with Crippen LogP contribution in [-0.4, -0.2) is 13.2 Å². The molecule has 0 aliphatic carbocycles. The molecule has 2 aromatic carbocycles. The van der Waals surface area contributed by atoms with E-state index in [-0.39, 0.29) is 5.75 Å². The average Bonchev–Trinajstić information content (AvgIpc) is 2.48. The molecule has 3 nitrogen and oxygen atoms in total. The fourth-order valence-electron chi connectivity index (χ4n) is 1.89. The summed E-state index contributed by atoms with van der Waals surface area (Å²) in [5, 5.41) is 3.16.